The van der Waals surface area contributed by atoms with Gasteiger partial charge < -0.3 is 93.4 Å². The fraction of sp³-hybridized carbons (Fsp3) is 0.658. The van der Waals surface area contributed by atoms with E-state index in [4.69, 9.17) is 20.9 Å². The molecule has 32 heteroatoms. The van der Waals surface area contributed by atoms with Gasteiger partial charge in [-0.15, -0.1) is 0 Å². The van der Waals surface area contributed by atoms with Crippen molar-refractivity contribution in [1.29, 1.82) is 0 Å². The molecule has 6 aliphatic heterocycles. The predicted octanol–water partition coefficient (Wildman–Crippen LogP) is -2.00. The number of nitrogens with zero attached hydrogens (tertiary/aromatic N) is 4. The lowest BCUT2D eigenvalue weighted by molar-refractivity contribution is -0.206. The molecule has 3 aromatic rings. The highest BCUT2D eigenvalue weighted by Crippen LogP contribution is 2.68. The van der Waals surface area contributed by atoms with Gasteiger partial charge in [0, 0.05) is 103 Å². The number of aliphatic hydroxyl groups is 6. The van der Waals surface area contributed by atoms with Crippen molar-refractivity contribution in [2.45, 2.75) is 220 Å². The van der Waals surface area contributed by atoms with E-state index in [0.717, 1.165) is 27.9 Å². The van der Waals surface area contributed by atoms with Crippen LogP contribution >= 0.6 is 0 Å². The second-order valence-electron chi connectivity index (χ2n) is 31.9. The Morgan fingerprint density at radius 2 is 1.43 bits per heavy atom. The first-order valence-electron chi connectivity index (χ1n) is 38.1. The Labute approximate surface area is 627 Å². The van der Waals surface area contributed by atoms with Gasteiger partial charge in [0.2, 0.25) is 47.3 Å². The van der Waals surface area contributed by atoms with E-state index in [2.05, 4.69) is 52.1 Å². The number of aromatic nitrogens is 1. The van der Waals surface area contributed by atoms with Crippen molar-refractivity contribution in [2.24, 2.45) is 34.6 Å². The summed E-state index contributed by atoms with van der Waals surface area (Å²) in [7, 11) is 4.63. The number of H-pyrrole nitrogens is 1. The third-order valence-corrected chi connectivity index (χ3v) is 24.8. The van der Waals surface area contributed by atoms with Crippen LogP contribution in [0.3, 0.4) is 0 Å². The molecule has 2 saturated carbocycles. The molecule has 9 amide bonds. The molecule has 32 nitrogen and oxygen atoms in total. The number of nitrogens with two attached hydrogens (primary N) is 2. The van der Waals surface area contributed by atoms with Crippen LogP contribution in [0.5, 0.6) is 5.75 Å². The van der Waals surface area contributed by atoms with Crippen LogP contribution in [0.2, 0.25) is 0 Å². The number of rotatable bonds is 28. The molecule has 2 bridgehead atoms. The minimum absolute atomic E-state index is 0.0844. The van der Waals surface area contributed by atoms with Crippen LogP contribution in [0.25, 0.3) is 10.9 Å². The van der Waals surface area contributed by atoms with Crippen molar-refractivity contribution >= 4 is 75.7 Å². The number of amides is 9. The number of carbonyl (C=O) groups is 10. The van der Waals surface area contributed by atoms with Crippen molar-refractivity contribution in [3.63, 3.8) is 0 Å². The molecule has 2 aromatic carbocycles. The molecule has 8 aliphatic rings. The first-order chi connectivity index (χ1) is 51.3. The summed E-state index contributed by atoms with van der Waals surface area (Å²) in [5.74, 6) is -9.74. The largest absolute Gasteiger partial charge is 0.496 e. The van der Waals surface area contributed by atoms with Crippen LogP contribution in [0.15, 0.2) is 48.6 Å². The SMILES string of the molecule is CC[C@]1(O)C[C@H]2CN(CCc3c([nH]c4ccccc34)[C@@](C(=O)OC)(c3cc4c(cc3OC)N(C)[C@@H]3C45CCN4CC=C[C@](CC)([C@H]45)[C@@H](O)[C@]3(O)C(=O)NN3C[C@H](O)C[C@H]3C(=O)N[C@@H](C)C(=O)N[C@@H](CO)C(=O)N[C@H](C(=O)N[C@@H](CCC(N)=O)C(=O)N[C@@H](CO)C(=O)N[C@@H](CC(C)C)C(N)=O)C3CCCCC3)C2)C1. The fourth-order valence-corrected chi connectivity index (χ4v) is 19.7. The van der Waals surface area contributed by atoms with Crippen molar-refractivity contribution in [1.82, 2.24) is 57.1 Å². The van der Waals surface area contributed by atoms with Crippen molar-refractivity contribution in [2.75, 3.05) is 78.6 Å². The number of ether oxygens (including phenoxy) is 2. The van der Waals surface area contributed by atoms with E-state index in [1.54, 1.807) is 25.8 Å². The first kappa shape index (κ1) is 80.7. The number of esters is 1. The van der Waals surface area contributed by atoms with E-state index >= 15 is 9.59 Å². The van der Waals surface area contributed by atoms with Gasteiger partial charge in [-0.05, 0) is 119 Å². The number of nitrogens with one attached hydrogen (secondary N) is 8. The third kappa shape index (κ3) is 14.8. The molecule has 592 valence electrons. The predicted molar refractivity (Wildman–Crippen MR) is 393 cm³/mol. The average Bonchev–Trinajstić information content (AvgIpc) is 1.45. The number of β-amino-alcohol motifs (C(OH)–C–C–N with tert-alkyl or cyclic N) is 1. The molecule has 2 unspecified atom stereocenters. The summed E-state index contributed by atoms with van der Waals surface area (Å²) < 4.78 is 12.5. The number of para-hydroxylation sites is 1. The standard InChI is InChI=1S/C76H110N14O18/c1-9-72(105)33-42-34-75(71(104)108-8,59-46(23-27-88(35-42)39-72)45-19-14-15-20-49(45)80-59)48-31-47-54(32-56(48)107-7)87(6)68-74(47)25-28-89-26-16-24-73(10-2,67(74)89)69(102)76(68,106)70(103)86-90-36-44(93)30-55(90)65(100)79-41(5)61(96)83-53(38-92)64(99)85-58(43-17-12-11-13-18-43)66(101)81-50(21-22-57(77)94)62(97)84-52(37-91)63(98)82-51(60(78)95)29-40(3)4/h14-16,19-20,24,31-32,40-44,50-53,55,58,67-69,80,91-93,102,105-106H,9-13,17-18,21-23,25-30,33-39H2,1-8H3,(H2,77,94)(H2,78,95)(H,79,100)(H,81,101)(H,82,98)(H,83,96)(H,84,97)(H,85,99)(H,86,103)/t41-,42+,44+,50-,51-,52-,53-,55-,58-,67-,68+,69+,72-,73+,74?,75-,76-/m0/s1. The highest BCUT2D eigenvalue weighted by Gasteiger charge is 2.79. The fourth-order valence-electron chi connectivity index (χ4n) is 19.7. The van der Waals surface area contributed by atoms with E-state index in [0.29, 0.717) is 112 Å². The zero-order valence-electron chi connectivity index (χ0n) is 63.0. The van der Waals surface area contributed by atoms with E-state index in [1.165, 1.54) is 21.1 Å². The second kappa shape index (κ2) is 32.3. The highest BCUT2D eigenvalue weighted by atomic mass is 16.5. The normalized spacial score (nSPS) is 30.4. The molecule has 108 heavy (non-hydrogen) atoms. The molecule has 7 heterocycles. The molecule has 1 aromatic heterocycles. The molecule has 5 fully saturated rings. The summed E-state index contributed by atoms with van der Waals surface area (Å²) in [6.45, 7) is 9.05. The second-order valence-corrected chi connectivity index (χ2v) is 31.9. The molecular weight excluding hydrogens is 1400 g/mol. The Kier molecular flexibility index (Phi) is 24.1. The van der Waals surface area contributed by atoms with Gasteiger partial charge in [-0.2, -0.15) is 0 Å². The van der Waals surface area contributed by atoms with Gasteiger partial charge in [-0.1, -0.05) is 77.3 Å². The average molecular weight is 1510 g/mol. The molecule has 18 atom stereocenters. The Hall–Kier alpha value is -8.34. The third-order valence-electron chi connectivity index (χ3n) is 24.8. The zero-order chi connectivity index (χ0) is 78.3. The summed E-state index contributed by atoms with van der Waals surface area (Å²) in [6.07, 6.45) is 4.97. The summed E-state index contributed by atoms with van der Waals surface area (Å²) in [4.78, 5) is 151. The number of fused-ring (bicyclic) bond motifs is 6. The Morgan fingerprint density at radius 3 is 2.07 bits per heavy atom. The number of hydrazine groups is 1. The summed E-state index contributed by atoms with van der Waals surface area (Å²) >= 11 is 0. The Balaban J connectivity index is 0.842. The van der Waals surface area contributed by atoms with Crippen LogP contribution in [0.4, 0.5) is 5.69 Å². The number of aliphatic hydroxyl groups excluding tert-OH is 4. The monoisotopic (exact) mass is 1510 g/mol. The van der Waals surface area contributed by atoms with Crippen LogP contribution in [-0.4, -0.2) is 261 Å². The number of benzene rings is 2. The topological polar surface area (TPSA) is 476 Å². The number of primary amides is 2. The van der Waals surface area contributed by atoms with Gasteiger partial charge in [-0.25, -0.2) is 5.01 Å². The maximum absolute atomic E-state index is 16.0. The van der Waals surface area contributed by atoms with Crippen molar-refractivity contribution in [3.05, 3.63) is 70.9 Å². The Morgan fingerprint density at radius 1 is 0.759 bits per heavy atom. The van der Waals surface area contributed by atoms with Gasteiger partial charge in [0.15, 0.2) is 5.60 Å². The maximum Gasteiger partial charge on any atom is 0.322 e. The molecule has 18 N–H and O–H groups in total. The number of carbonyl (C=O) groups excluding carboxylic acids is 10. The number of hydrogen-bond donors (Lipinski definition) is 16. The number of aromatic amines is 1. The lowest BCUT2D eigenvalue weighted by atomic mass is 9.47. The molecule has 2 aliphatic carbocycles. The van der Waals surface area contributed by atoms with E-state index in [-0.39, 0.29) is 44.1 Å². The Bertz CT molecular complexity index is 3960. The molecule has 3 saturated heterocycles. The lowest BCUT2D eigenvalue weighted by Gasteiger charge is -2.63. The maximum atomic E-state index is 16.0. The van der Waals surface area contributed by atoms with E-state index in [1.807, 2.05) is 62.4 Å². The summed E-state index contributed by atoms with van der Waals surface area (Å²) in [5, 5.41) is 88.9. The van der Waals surface area contributed by atoms with Gasteiger partial charge in [-0.3, -0.25) is 63.2 Å². The van der Waals surface area contributed by atoms with Crippen molar-refractivity contribution in [3.8, 4) is 5.75 Å². The van der Waals surface area contributed by atoms with E-state index in [9.17, 15) is 69.0 Å². The quantitative estimate of drug-likeness (QED) is 0.0276. The van der Waals surface area contributed by atoms with Gasteiger partial charge in [0.25, 0.3) is 5.91 Å². The minimum atomic E-state index is -2.74. The minimum Gasteiger partial charge on any atom is -0.496 e. The zero-order valence-corrected chi connectivity index (χ0v) is 63.0. The molecule has 1 spiro atoms. The summed E-state index contributed by atoms with van der Waals surface area (Å²) in [5.41, 5.74) is 9.93. The van der Waals surface area contributed by atoms with Crippen LogP contribution < -0.4 is 58.4 Å². The molecular formula is C76H110N14O18. The molecule has 11 rings (SSSR count). The van der Waals surface area contributed by atoms with E-state index < -0.39 is 185 Å². The van der Waals surface area contributed by atoms with Gasteiger partial charge in [0.05, 0.1) is 45.2 Å². The molecule has 0 radical (unpaired) electrons. The lowest BCUT2D eigenvalue weighted by Crippen LogP contribution is -2.82. The van der Waals surface area contributed by atoms with Crippen molar-refractivity contribution < 1.29 is 88.1 Å². The number of anilines is 1. The van der Waals surface area contributed by atoms with Crippen LogP contribution in [-0.2, 0) is 69.9 Å². The number of likely N-dealkylation sites (N-methyl/N-ethyl adjacent to an activating group) is 1. The van der Waals surface area contributed by atoms with Gasteiger partial charge in [0.1, 0.15) is 59.6 Å². The highest BCUT2D eigenvalue weighted by molar-refractivity contribution is 5.99. The summed E-state index contributed by atoms with van der Waals surface area (Å²) in [6, 6.07) is -0.491. The van der Waals surface area contributed by atoms with Crippen LogP contribution in [0.1, 0.15) is 147 Å². The smallest absolute Gasteiger partial charge is 0.322 e. The van der Waals surface area contributed by atoms with Gasteiger partial charge >= 0.3 is 5.97 Å². The number of piperidine rings is 1. The van der Waals surface area contributed by atoms with Crippen LogP contribution in [0, 0.1) is 23.2 Å². The number of methoxy groups -OCH3 is 2. The number of hydrogen-bond acceptors (Lipinski definition) is 22. The first-order valence-corrected chi connectivity index (χ1v) is 38.1.